The average molecular weight is 556 g/mol. The summed E-state index contributed by atoms with van der Waals surface area (Å²) in [6, 6.07) is 14.6. The number of halogens is 1. The fourth-order valence-corrected chi connectivity index (χ4v) is 4.88. The van der Waals surface area contributed by atoms with E-state index in [2.05, 4.69) is 26.8 Å². The van der Waals surface area contributed by atoms with E-state index in [9.17, 15) is 24.3 Å². The topological polar surface area (TPSA) is 136 Å². The normalized spacial score (nSPS) is 15.0. The first-order valence-corrected chi connectivity index (χ1v) is 13.0. The largest absolute Gasteiger partial charge is 0.387 e. The molecule has 10 nitrogen and oxygen atoms in total. The van der Waals surface area contributed by atoms with Crippen molar-refractivity contribution in [2.75, 3.05) is 23.8 Å². The highest BCUT2D eigenvalue weighted by atomic mass is 19.1. The Morgan fingerprint density at radius 3 is 2.66 bits per heavy atom. The highest BCUT2D eigenvalue weighted by Crippen LogP contribution is 2.42. The molecule has 1 aliphatic heterocycles. The van der Waals surface area contributed by atoms with Gasteiger partial charge in [-0.15, -0.1) is 0 Å². The van der Waals surface area contributed by atoms with Gasteiger partial charge >= 0.3 is 0 Å². The summed E-state index contributed by atoms with van der Waals surface area (Å²) in [4.78, 5) is 32.1. The van der Waals surface area contributed by atoms with Gasteiger partial charge in [-0.2, -0.15) is 10.4 Å². The number of nitrogens with one attached hydrogen (secondary N) is 2. The molecule has 0 saturated carbocycles. The third-order valence-electron chi connectivity index (χ3n) is 7.40. The van der Waals surface area contributed by atoms with E-state index in [4.69, 9.17) is 0 Å². The second-order valence-corrected chi connectivity index (χ2v) is 11.2. The Hall–Kier alpha value is -4.82. The van der Waals surface area contributed by atoms with Crippen molar-refractivity contribution in [1.29, 1.82) is 5.26 Å². The number of carbonyl (C=O) groups is 2. The number of nitrogens with zero attached hydrogens (tertiary/aromatic N) is 5. The molecule has 1 aromatic carbocycles. The second-order valence-electron chi connectivity index (χ2n) is 11.2. The molecular formula is C30H30FN7O3. The molecule has 0 bridgehead atoms. The molecule has 41 heavy (non-hydrogen) atoms. The number of alkyl halides is 1. The van der Waals surface area contributed by atoms with Gasteiger partial charge in [-0.1, -0.05) is 6.07 Å². The van der Waals surface area contributed by atoms with Crippen LogP contribution in [0.3, 0.4) is 0 Å². The molecular weight excluding hydrogens is 525 g/mol. The van der Waals surface area contributed by atoms with Crippen LogP contribution in [0.1, 0.15) is 49.2 Å². The molecule has 3 aromatic heterocycles. The maximum Gasteiger partial charge on any atom is 0.255 e. The number of hydrogen-bond donors (Lipinski definition) is 3. The summed E-state index contributed by atoms with van der Waals surface area (Å²) in [5.41, 5.74) is 2.80. The number of pyridine rings is 1. The van der Waals surface area contributed by atoms with E-state index < -0.39 is 29.6 Å². The second kappa shape index (κ2) is 9.98. The number of rotatable bonds is 7. The van der Waals surface area contributed by atoms with Gasteiger partial charge in [0.05, 0.1) is 57.5 Å². The van der Waals surface area contributed by atoms with Crippen molar-refractivity contribution in [3.05, 3.63) is 71.5 Å². The predicted octanol–water partition coefficient (Wildman–Crippen LogP) is 4.10. The Kier molecular flexibility index (Phi) is 6.75. The Bertz CT molecular complexity index is 1730. The lowest BCUT2D eigenvalue weighted by atomic mass is 9.86. The van der Waals surface area contributed by atoms with Gasteiger partial charge in [-0.3, -0.25) is 14.6 Å². The lowest BCUT2D eigenvalue weighted by Crippen LogP contribution is -2.42. The number of aliphatic hydroxyl groups is 1. The number of likely N-dealkylation sites (N-methyl/N-ethyl adjacent to an activating group) is 1. The van der Waals surface area contributed by atoms with Crippen LogP contribution in [0.15, 0.2) is 54.9 Å². The predicted molar refractivity (Wildman–Crippen MR) is 153 cm³/mol. The summed E-state index contributed by atoms with van der Waals surface area (Å²) in [6.45, 7) is 6.03. The molecule has 0 aliphatic carbocycles. The van der Waals surface area contributed by atoms with Crippen LogP contribution >= 0.6 is 0 Å². The quantitative estimate of drug-likeness (QED) is 0.312. The molecule has 1 aliphatic rings. The van der Waals surface area contributed by atoms with Crippen molar-refractivity contribution < 1.29 is 19.1 Å². The molecule has 0 radical (unpaired) electrons. The van der Waals surface area contributed by atoms with Gasteiger partial charge in [0, 0.05) is 24.6 Å². The van der Waals surface area contributed by atoms with E-state index >= 15 is 0 Å². The summed E-state index contributed by atoms with van der Waals surface area (Å²) in [6.07, 6.45) is 1.16. The van der Waals surface area contributed by atoms with E-state index in [1.165, 1.54) is 26.2 Å². The molecule has 0 saturated heterocycles. The van der Waals surface area contributed by atoms with Gasteiger partial charge in [0.1, 0.15) is 12.2 Å². The lowest BCUT2D eigenvalue weighted by Gasteiger charge is -2.22. The maximum atomic E-state index is 14.4. The summed E-state index contributed by atoms with van der Waals surface area (Å²) in [5.74, 6) is -0.597. The van der Waals surface area contributed by atoms with Gasteiger partial charge in [0.2, 0.25) is 5.91 Å². The molecule has 2 amide bonds. The minimum Gasteiger partial charge on any atom is -0.387 e. The molecule has 0 spiro atoms. The zero-order valence-corrected chi connectivity index (χ0v) is 23.4. The number of aromatic nitrogens is 3. The van der Waals surface area contributed by atoms with E-state index in [1.54, 1.807) is 28.6 Å². The van der Waals surface area contributed by atoms with Crippen LogP contribution in [0, 0.1) is 11.3 Å². The third-order valence-corrected chi connectivity index (χ3v) is 7.40. The molecule has 0 fully saturated rings. The lowest BCUT2D eigenvalue weighted by molar-refractivity contribution is -0.121. The Morgan fingerprint density at radius 1 is 1.20 bits per heavy atom. The standard InChI is InChI=1S/C30H30FN7O3/c1-29(2)21-8-6-18(11-25(21)37(5)28(29)40)36-22-12-23(24-9-7-19-10-17(13-32)14-35-38(19)24)33-15-20(22)27(39)34-16-26(31)30(3,4)41/h6-12,14-15,26,41H,16H2,1-5H3,(H,33,36)(H,34,39). The number of hydrogen-bond acceptors (Lipinski definition) is 7. The van der Waals surface area contributed by atoms with Crippen molar-refractivity contribution in [2.24, 2.45) is 0 Å². The van der Waals surface area contributed by atoms with Gasteiger partial charge < -0.3 is 20.6 Å². The highest BCUT2D eigenvalue weighted by molar-refractivity contribution is 6.08. The summed E-state index contributed by atoms with van der Waals surface area (Å²) in [5, 5.41) is 29.3. The first kappa shape index (κ1) is 27.7. The molecule has 11 heteroatoms. The van der Waals surface area contributed by atoms with E-state index in [-0.39, 0.29) is 11.5 Å². The highest BCUT2D eigenvalue weighted by Gasteiger charge is 2.42. The van der Waals surface area contributed by atoms with Crippen LogP contribution in [-0.2, 0) is 10.2 Å². The molecule has 210 valence electrons. The summed E-state index contributed by atoms with van der Waals surface area (Å²) >= 11 is 0. The van der Waals surface area contributed by atoms with E-state index in [1.807, 2.05) is 44.2 Å². The number of carbonyl (C=O) groups excluding carboxylic acids is 2. The Balaban J connectivity index is 1.54. The van der Waals surface area contributed by atoms with Crippen LogP contribution in [0.5, 0.6) is 0 Å². The van der Waals surface area contributed by atoms with Gasteiger partial charge in [-0.25, -0.2) is 8.91 Å². The fraction of sp³-hybridized carbons (Fsp3) is 0.300. The maximum absolute atomic E-state index is 14.4. The van der Waals surface area contributed by atoms with Crippen LogP contribution in [-0.4, -0.2) is 56.9 Å². The van der Waals surface area contributed by atoms with Gasteiger partial charge in [0.25, 0.3) is 5.91 Å². The van der Waals surface area contributed by atoms with Crippen molar-refractivity contribution in [2.45, 2.75) is 44.9 Å². The number of benzene rings is 1. The van der Waals surface area contributed by atoms with Crippen molar-refractivity contribution in [1.82, 2.24) is 19.9 Å². The van der Waals surface area contributed by atoms with Crippen LogP contribution in [0.25, 0.3) is 16.9 Å². The monoisotopic (exact) mass is 555 g/mol. The summed E-state index contributed by atoms with van der Waals surface area (Å²) in [7, 11) is 1.72. The van der Waals surface area contributed by atoms with Gasteiger partial charge in [-0.05, 0) is 69.7 Å². The minimum absolute atomic E-state index is 0.0179. The van der Waals surface area contributed by atoms with Crippen molar-refractivity contribution in [3.63, 3.8) is 0 Å². The van der Waals surface area contributed by atoms with Crippen molar-refractivity contribution >= 4 is 34.4 Å². The molecule has 4 aromatic rings. The molecule has 1 unspecified atom stereocenters. The zero-order valence-electron chi connectivity index (χ0n) is 23.4. The molecule has 1 atom stereocenters. The summed E-state index contributed by atoms with van der Waals surface area (Å²) < 4.78 is 16.0. The molecule has 3 N–H and O–H groups in total. The molecule has 5 rings (SSSR count). The first-order valence-electron chi connectivity index (χ1n) is 13.0. The Labute approximate surface area is 236 Å². The molecule has 4 heterocycles. The number of amides is 2. The van der Waals surface area contributed by atoms with Crippen molar-refractivity contribution in [3.8, 4) is 17.5 Å². The minimum atomic E-state index is -1.68. The Morgan fingerprint density at radius 2 is 1.95 bits per heavy atom. The first-order chi connectivity index (χ1) is 19.3. The van der Waals surface area contributed by atoms with Crippen LogP contribution in [0.4, 0.5) is 21.5 Å². The average Bonchev–Trinajstić information content (AvgIpc) is 3.43. The smallest absolute Gasteiger partial charge is 0.255 e. The number of anilines is 3. The number of nitriles is 1. The number of fused-ring (bicyclic) bond motifs is 2. The van der Waals surface area contributed by atoms with Crippen LogP contribution in [0.2, 0.25) is 0 Å². The zero-order chi connectivity index (χ0) is 29.7. The van der Waals surface area contributed by atoms with Crippen LogP contribution < -0.4 is 15.5 Å². The third kappa shape index (κ3) is 4.98. The SMILES string of the molecule is CN1C(=O)C(C)(C)c2ccc(Nc3cc(-c4ccc5cc(C#N)cnn45)ncc3C(=O)NCC(F)C(C)(C)O)cc21. The van der Waals surface area contributed by atoms with Gasteiger partial charge in [0.15, 0.2) is 0 Å². The van der Waals surface area contributed by atoms with E-state index in [0.717, 1.165) is 11.3 Å². The fourth-order valence-electron chi connectivity index (χ4n) is 4.88. The van der Waals surface area contributed by atoms with E-state index in [0.29, 0.717) is 33.8 Å².